The van der Waals surface area contributed by atoms with E-state index in [2.05, 4.69) is 5.32 Å². The number of aliphatic hydroxyl groups excluding tert-OH is 2. The molecule has 8 nitrogen and oxygen atoms in total. The second kappa shape index (κ2) is 9.62. The van der Waals surface area contributed by atoms with E-state index >= 15 is 0 Å². The van der Waals surface area contributed by atoms with Crippen LogP contribution in [-0.4, -0.2) is 63.6 Å². The topological polar surface area (TPSA) is 104 Å². The maximum Gasteiger partial charge on any atom is 0.419 e. The Bertz CT molecular complexity index is 1290. The molecule has 1 amide bonds. The number of amides is 1. The molecule has 186 valence electrons. The van der Waals surface area contributed by atoms with Crippen LogP contribution in [0.5, 0.6) is 0 Å². The number of aromatic nitrogens is 1. The molecule has 0 fully saturated rings. The molecule has 0 aliphatic carbocycles. The summed E-state index contributed by atoms with van der Waals surface area (Å²) in [5.74, 6) is -0.233. The van der Waals surface area contributed by atoms with Gasteiger partial charge in [0.2, 0.25) is 0 Å². The van der Waals surface area contributed by atoms with Crippen LogP contribution < -0.4 is 5.32 Å². The minimum Gasteiger partial charge on any atom is -0.443 e. The second-order valence-electron chi connectivity index (χ2n) is 9.90. The Labute approximate surface area is 209 Å². The van der Waals surface area contributed by atoms with Crippen LogP contribution in [0.25, 0.3) is 22.2 Å². The summed E-state index contributed by atoms with van der Waals surface area (Å²) in [6, 6.07) is 11.1. The normalized spacial score (nSPS) is 14.3. The molecular weight excluding hydrogens is 470 g/mol. The zero-order chi connectivity index (χ0) is 25.5. The SMILES string of the molecule is CN(Cc1ccc2c(c1)cc(-c1ccc(Cl)c3c1C(=O)NC3)n2C(=O)OC(C)(C)C)CC(O)CO. The van der Waals surface area contributed by atoms with Gasteiger partial charge in [-0.15, -0.1) is 0 Å². The molecule has 3 N–H and O–H groups in total. The van der Waals surface area contributed by atoms with Gasteiger partial charge in [-0.2, -0.15) is 0 Å². The summed E-state index contributed by atoms with van der Waals surface area (Å²) in [6.07, 6.45) is -1.36. The first-order valence-electron chi connectivity index (χ1n) is 11.4. The van der Waals surface area contributed by atoms with Crippen molar-refractivity contribution in [3.05, 3.63) is 58.1 Å². The maximum atomic E-state index is 13.3. The van der Waals surface area contributed by atoms with E-state index in [1.54, 1.807) is 32.9 Å². The number of nitrogens with one attached hydrogen (secondary N) is 1. The monoisotopic (exact) mass is 499 g/mol. The lowest BCUT2D eigenvalue weighted by Crippen LogP contribution is -2.30. The molecule has 35 heavy (non-hydrogen) atoms. The van der Waals surface area contributed by atoms with E-state index in [1.807, 2.05) is 36.2 Å². The van der Waals surface area contributed by atoms with Crippen LogP contribution >= 0.6 is 11.6 Å². The largest absolute Gasteiger partial charge is 0.443 e. The molecule has 0 saturated heterocycles. The number of fused-ring (bicyclic) bond motifs is 2. The van der Waals surface area contributed by atoms with Gasteiger partial charge in [0, 0.05) is 41.2 Å². The highest BCUT2D eigenvalue weighted by Crippen LogP contribution is 2.37. The van der Waals surface area contributed by atoms with Crippen molar-refractivity contribution in [2.24, 2.45) is 0 Å². The molecule has 3 aromatic rings. The van der Waals surface area contributed by atoms with Gasteiger partial charge in [0.05, 0.1) is 29.5 Å². The van der Waals surface area contributed by atoms with E-state index in [4.69, 9.17) is 21.4 Å². The minimum atomic E-state index is -0.818. The van der Waals surface area contributed by atoms with Crippen LogP contribution in [0.1, 0.15) is 42.3 Å². The number of halogens is 1. The number of likely N-dealkylation sites (N-methyl/N-ethyl adjacent to an activating group) is 1. The van der Waals surface area contributed by atoms with Crippen molar-refractivity contribution >= 4 is 34.5 Å². The molecule has 1 unspecified atom stereocenters. The number of nitrogens with zero attached hydrogens (tertiary/aromatic N) is 2. The third-order valence-electron chi connectivity index (χ3n) is 5.81. The molecule has 1 atom stereocenters. The number of ether oxygens (including phenoxy) is 1. The molecule has 0 radical (unpaired) electrons. The molecular formula is C26H30ClN3O5. The van der Waals surface area contributed by atoms with Crippen LogP contribution in [0.15, 0.2) is 36.4 Å². The average molecular weight is 500 g/mol. The van der Waals surface area contributed by atoms with E-state index in [0.29, 0.717) is 52.6 Å². The number of carbonyl (C=O) groups excluding carboxylic acids is 2. The lowest BCUT2D eigenvalue weighted by Gasteiger charge is -2.21. The predicted molar refractivity (Wildman–Crippen MR) is 135 cm³/mol. The maximum absolute atomic E-state index is 13.3. The Balaban J connectivity index is 1.84. The summed E-state index contributed by atoms with van der Waals surface area (Å²) in [7, 11) is 1.86. The molecule has 0 bridgehead atoms. The van der Waals surface area contributed by atoms with Crippen LogP contribution in [0, 0.1) is 0 Å². The molecule has 1 aromatic heterocycles. The van der Waals surface area contributed by atoms with Gasteiger partial charge in [0.15, 0.2) is 0 Å². The van der Waals surface area contributed by atoms with Crippen molar-refractivity contribution in [1.82, 2.24) is 14.8 Å². The Kier molecular flexibility index (Phi) is 6.92. The fourth-order valence-corrected chi connectivity index (χ4v) is 4.61. The van der Waals surface area contributed by atoms with Crippen molar-refractivity contribution in [1.29, 1.82) is 0 Å². The van der Waals surface area contributed by atoms with E-state index < -0.39 is 17.8 Å². The Morgan fingerprint density at radius 2 is 2.00 bits per heavy atom. The molecule has 2 aromatic carbocycles. The van der Waals surface area contributed by atoms with Gasteiger partial charge in [-0.05, 0) is 57.6 Å². The molecule has 9 heteroatoms. The summed E-state index contributed by atoms with van der Waals surface area (Å²) < 4.78 is 7.21. The van der Waals surface area contributed by atoms with Crippen LogP contribution in [0.4, 0.5) is 4.79 Å². The summed E-state index contributed by atoms with van der Waals surface area (Å²) in [6.45, 7) is 6.31. The fourth-order valence-electron chi connectivity index (χ4n) is 4.38. The Morgan fingerprint density at radius 1 is 1.26 bits per heavy atom. The average Bonchev–Trinajstić information content (AvgIpc) is 3.34. The van der Waals surface area contributed by atoms with E-state index in [1.165, 1.54) is 4.57 Å². The van der Waals surface area contributed by atoms with Crippen molar-refractivity contribution in [3.8, 4) is 11.3 Å². The molecule has 0 spiro atoms. The lowest BCUT2D eigenvalue weighted by atomic mass is 10.00. The van der Waals surface area contributed by atoms with Crippen molar-refractivity contribution in [2.75, 3.05) is 20.2 Å². The highest BCUT2D eigenvalue weighted by atomic mass is 35.5. The fraction of sp³-hybridized carbons (Fsp3) is 0.385. The van der Waals surface area contributed by atoms with E-state index in [9.17, 15) is 14.7 Å². The van der Waals surface area contributed by atoms with Gasteiger partial charge in [-0.25, -0.2) is 9.36 Å². The number of aliphatic hydroxyl groups is 2. The van der Waals surface area contributed by atoms with Crippen LogP contribution in [0.2, 0.25) is 5.02 Å². The van der Waals surface area contributed by atoms with Crippen molar-refractivity contribution in [3.63, 3.8) is 0 Å². The Morgan fingerprint density at radius 3 is 2.69 bits per heavy atom. The summed E-state index contributed by atoms with van der Waals surface area (Å²) in [5, 5.41) is 23.0. The van der Waals surface area contributed by atoms with Gasteiger partial charge < -0.3 is 20.3 Å². The number of hydrogen-bond donors (Lipinski definition) is 3. The summed E-state index contributed by atoms with van der Waals surface area (Å²) >= 11 is 6.35. The van der Waals surface area contributed by atoms with E-state index in [0.717, 1.165) is 10.9 Å². The highest BCUT2D eigenvalue weighted by molar-refractivity contribution is 6.32. The third kappa shape index (κ3) is 5.21. The quantitative estimate of drug-likeness (QED) is 0.477. The molecule has 1 aliphatic rings. The third-order valence-corrected chi connectivity index (χ3v) is 6.17. The smallest absolute Gasteiger partial charge is 0.419 e. The highest BCUT2D eigenvalue weighted by Gasteiger charge is 2.29. The van der Waals surface area contributed by atoms with Gasteiger partial charge >= 0.3 is 6.09 Å². The van der Waals surface area contributed by atoms with Gasteiger partial charge in [-0.3, -0.25) is 9.69 Å². The van der Waals surface area contributed by atoms with Crippen LogP contribution in [-0.2, 0) is 17.8 Å². The van der Waals surface area contributed by atoms with Crippen LogP contribution in [0.3, 0.4) is 0 Å². The molecule has 0 saturated carbocycles. The van der Waals surface area contributed by atoms with Gasteiger partial charge in [0.1, 0.15) is 5.60 Å². The zero-order valence-corrected chi connectivity index (χ0v) is 21.0. The molecule has 1 aliphatic heterocycles. The first-order chi connectivity index (χ1) is 16.5. The van der Waals surface area contributed by atoms with Gasteiger partial charge in [-0.1, -0.05) is 23.7 Å². The number of rotatable bonds is 6. The number of benzene rings is 2. The first-order valence-corrected chi connectivity index (χ1v) is 11.8. The zero-order valence-electron chi connectivity index (χ0n) is 20.3. The molecule has 2 heterocycles. The standard InChI is InChI=1S/C26H30ClN3O5/c1-26(2,3)35-25(34)30-21-8-5-15(12-29(4)13-17(32)14-31)9-16(21)10-22(30)18-6-7-20(27)19-11-28-24(33)23(18)19/h5-10,17,31-32H,11-14H2,1-4H3,(H,28,33). The van der Waals surface area contributed by atoms with E-state index in [-0.39, 0.29) is 12.5 Å². The Hall–Kier alpha value is -2.91. The first kappa shape index (κ1) is 25.2. The van der Waals surface area contributed by atoms with Crippen molar-refractivity contribution < 1.29 is 24.5 Å². The minimum absolute atomic E-state index is 0.233. The van der Waals surface area contributed by atoms with Crippen molar-refractivity contribution in [2.45, 2.75) is 45.6 Å². The number of carbonyl (C=O) groups is 2. The summed E-state index contributed by atoms with van der Waals surface area (Å²) in [5.41, 5.74) is 3.23. The number of hydrogen-bond acceptors (Lipinski definition) is 6. The molecule has 4 rings (SSSR count). The predicted octanol–water partition coefficient (Wildman–Crippen LogP) is 3.77. The van der Waals surface area contributed by atoms with Gasteiger partial charge in [0.25, 0.3) is 5.91 Å². The summed E-state index contributed by atoms with van der Waals surface area (Å²) in [4.78, 5) is 27.9. The lowest BCUT2D eigenvalue weighted by molar-refractivity contribution is 0.0546. The second-order valence-corrected chi connectivity index (χ2v) is 10.3.